The van der Waals surface area contributed by atoms with Gasteiger partial charge in [-0.05, 0) is 13.3 Å². The number of halogens is 2. The molecule has 0 spiro atoms. The van der Waals surface area contributed by atoms with Crippen LogP contribution in [0.25, 0.3) is 0 Å². The van der Waals surface area contributed by atoms with Crippen LogP contribution in [0.15, 0.2) is 4.90 Å². The van der Waals surface area contributed by atoms with Gasteiger partial charge in [0.25, 0.3) is 0 Å². The number of hydrogen-bond acceptors (Lipinski definition) is 4. The third-order valence-electron chi connectivity index (χ3n) is 2.89. The molecule has 0 aromatic carbocycles. The van der Waals surface area contributed by atoms with E-state index in [0.29, 0.717) is 25.2 Å². The number of sulfonamides is 1. The topological polar surface area (TPSA) is 81.2 Å². The van der Waals surface area contributed by atoms with Crippen molar-refractivity contribution in [2.75, 3.05) is 13.1 Å². The lowest BCUT2D eigenvalue weighted by Crippen LogP contribution is -2.32. The minimum Gasteiger partial charge on any atom is -0.326 e. The van der Waals surface area contributed by atoms with Gasteiger partial charge in [0.1, 0.15) is 10.0 Å². The van der Waals surface area contributed by atoms with Crippen LogP contribution in [0, 0.1) is 6.92 Å². The maximum Gasteiger partial charge on any atom is 0.248 e. The molecule has 9 heteroatoms. The molecule has 1 aliphatic heterocycles. The molecule has 0 amide bonds. The van der Waals surface area contributed by atoms with Gasteiger partial charge in [-0.15, -0.1) is 12.4 Å². The molecule has 1 aromatic heterocycles. The summed E-state index contributed by atoms with van der Waals surface area (Å²) in [5, 5.41) is 4.16. The molecule has 0 saturated carbocycles. The Morgan fingerprint density at radius 1 is 1.50 bits per heavy atom. The van der Waals surface area contributed by atoms with Crippen molar-refractivity contribution in [1.82, 2.24) is 14.1 Å². The number of aryl methyl sites for hydroxylation is 2. The van der Waals surface area contributed by atoms with Crippen LogP contribution in [-0.4, -0.2) is 41.6 Å². The minimum atomic E-state index is -3.57. The molecule has 0 aliphatic carbocycles. The first-order valence-electron chi connectivity index (χ1n) is 5.29. The van der Waals surface area contributed by atoms with Crippen molar-refractivity contribution >= 4 is 34.0 Å². The van der Waals surface area contributed by atoms with Crippen LogP contribution in [0.4, 0.5) is 0 Å². The number of nitrogens with zero attached hydrogens (tertiary/aromatic N) is 3. The first-order valence-corrected chi connectivity index (χ1v) is 7.10. The van der Waals surface area contributed by atoms with Crippen LogP contribution in [0.2, 0.25) is 5.15 Å². The zero-order valence-corrected chi connectivity index (χ0v) is 12.5. The summed E-state index contributed by atoms with van der Waals surface area (Å²) >= 11 is 5.98. The zero-order chi connectivity index (χ0) is 12.8. The van der Waals surface area contributed by atoms with Crippen LogP contribution >= 0.6 is 24.0 Å². The van der Waals surface area contributed by atoms with Gasteiger partial charge in [0, 0.05) is 26.2 Å². The Kier molecular flexibility index (Phi) is 4.66. The summed E-state index contributed by atoms with van der Waals surface area (Å²) in [5.41, 5.74) is 6.14. The van der Waals surface area contributed by atoms with Crippen molar-refractivity contribution < 1.29 is 8.42 Å². The highest BCUT2D eigenvalue weighted by Crippen LogP contribution is 2.28. The van der Waals surface area contributed by atoms with Gasteiger partial charge in [0.2, 0.25) is 10.0 Å². The summed E-state index contributed by atoms with van der Waals surface area (Å²) in [6.45, 7) is 2.41. The molecule has 1 aromatic rings. The predicted octanol–water partition coefficient (Wildman–Crippen LogP) is 0.525. The Hall–Kier alpha value is -0.340. The molecule has 1 atom stereocenters. The van der Waals surface area contributed by atoms with E-state index in [4.69, 9.17) is 17.3 Å². The highest BCUT2D eigenvalue weighted by molar-refractivity contribution is 7.89. The largest absolute Gasteiger partial charge is 0.326 e. The molecule has 0 radical (unpaired) electrons. The van der Waals surface area contributed by atoms with Crippen LogP contribution in [0.1, 0.15) is 12.1 Å². The molecule has 1 aliphatic rings. The summed E-state index contributed by atoms with van der Waals surface area (Å²) < 4.78 is 27.5. The number of aromatic nitrogens is 2. The highest BCUT2D eigenvalue weighted by Gasteiger charge is 2.35. The van der Waals surface area contributed by atoms with E-state index in [1.54, 1.807) is 14.0 Å². The van der Waals surface area contributed by atoms with Crippen LogP contribution < -0.4 is 5.73 Å². The Labute approximate surface area is 118 Å². The first-order chi connectivity index (χ1) is 7.84. The maximum absolute atomic E-state index is 12.4. The van der Waals surface area contributed by atoms with Crippen LogP contribution in [-0.2, 0) is 17.1 Å². The third-order valence-corrected chi connectivity index (χ3v) is 5.45. The average Bonchev–Trinajstić information content (AvgIpc) is 2.73. The van der Waals surface area contributed by atoms with Crippen molar-refractivity contribution in [3.8, 4) is 0 Å². The van der Waals surface area contributed by atoms with Crippen molar-refractivity contribution in [3.63, 3.8) is 0 Å². The van der Waals surface area contributed by atoms with E-state index in [9.17, 15) is 8.42 Å². The number of hydrogen-bond donors (Lipinski definition) is 1. The van der Waals surface area contributed by atoms with Crippen molar-refractivity contribution in [3.05, 3.63) is 10.8 Å². The van der Waals surface area contributed by atoms with Gasteiger partial charge in [-0.2, -0.15) is 9.40 Å². The fraction of sp³-hybridized carbons (Fsp3) is 0.667. The van der Waals surface area contributed by atoms with Gasteiger partial charge in [-0.1, -0.05) is 11.6 Å². The summed E-state index contributed by atoms with van der Waals surface area (Å²) in [7, 11) is -1.96. The van der Waals surface area contributed by atoms with Gasteiger partial charge in [0.05, 0.1) is 5.69 Å². The average molecular weight is 315 g/mol. The molecule has 0 bridgehead atoms. The molecular formula is C9H16Cl2N4O2S. The molecule has 18 heavy (non-hydrogen) atoms. The molecule has 2 rings (SSSR count). The molecular weight excluding hydrogens is 299 g/mol. The maximum atomic E-state index is 12.4. The van der Waals surface area contributed by atoms with Gasteiger partial charge in [-0.3, -0.25) is 4.68 Å². The zero-order valence-electron chi connectivity index (χ0n) is 10.1. The fourth-order valence-corrected chi connectivity index (χ4v) is 4.22. The first kappa shape index (κ1) is 15.7. The van der Waals surface area contributed by atoms with E-state index < -0.39 is 10.0 Å². The Morgan fingerprint density at radius 2 is 2.11 bits per heavy atom. The van der Waals surface area contributed by atoms with Gasteiger partial charge in [0.15, 0.2) is 0 Å². The summed E-state index contributed by atoms with van der Waals surface area (Å²) in [5.74, 6) is 0. The predicted molar refractivity (Wildman–Crippen MR) is 71.6 cm³/mol. The lowest BCUT2D eigenvalue weighted by atomic mass is 10.3. The summed E-state index contributed by atoms with van der Waals surface area (Å²) in [6.07, 6.45) is 0.677. The van der Waals surface area contributed by atoms with Crippen LogP contribution in [0.5, 0.6) is 0 Å². The lowest BCUT2D eigenvalue weighted by molar-refractivity contribution is 0.472. The second kappa shape index (κ2) is 5.34. The molecule has 1 fully saturated rings. The quantitative estimate of drug-likeness (QED) is 0.863. The van der Waals surface area contributed by atoms with E-state index in [1.165, 1.54) is 8.99 Å². The van der Waals surface area contributed by atoms with Crippen molar-refractivity contribution in [2.45, 2.75) is 24.3 Å². The molecule has 2 heterocycles. The summed E-state index contributed by atoms with van der Waals surface area (Å²) in [6, 6.07) is -0.0967. The number of rotatable bonds is 2. The van der Waals surface area contributed by atoms with E-state index in [0.717, 1.165) is 0 Å². The van der Waals surface area contributed by atoms with E-state index in [2.05, 4.69) is 5.10 Å². The third kappa shape index (κ3) is 2.50. The van der Waals surface area contributed by atoms with Gasteiger partial charge >= 0.3 is 0 Å². The van der Waals surface area contributed by atoms with Gasteiger partial charge < -0.3 is 5.73 Å². The molecule has 0 unspecified atom stereocenters. The van der Waals surface area contributed by atoms with Crippen molar-refractivity contribution in [2.24, 2.45) is 12.8 Å². The normalized spacial score (nSPS) is 21.0. The SMILES string of the molecule is Cc1nn(C)c(Cl)c1S(=O)(=O)N1CC[C@H](N)C1.Cl. The molecule has 1 saturated heterocycles. The second-order valence-corrected chi connectivity index (χ2v) is 6.47. The Morgan fingerprint density at radius 3 is 2.50 bits per heavy atom. The standard InChI is InChI=1S/C9H15ClN4O2S.ClH/c1-6-8(9(10)13(2)12-6)17(15,16)14-4-3-7(11)5-14;/h7H,3-5,11H2,1-2H3;1H/t7-;/m0./s1. The van der Waals surface area contributed by atoms with E-state index in [-0.39, 0.29) is 28.5 Å². The van der Waals surface area contributed by atoms with Crippen LogP contribution in [0.3, 0.4) is 0 Å². The minimum absolute atomic E-state index is 0. The smallest absolute Gasteiger partial charge is 0.248 e. The molecule has 104 valence electrons. The fourth-order valence-electron chi connectivity index (χ4n) is 2.00. The van der Waals surface area contributed by atoms with E-state index >= 15 is 0 Å². The summed E-state index contributed by atoms with van der Waals surface area (Å²) in [4.78, 5) is 0.0933. The lowest BCUT2D eigenvalue weighted by Gasteiger charge is -2.15. The molecule has 2 N–H and O–H groups in total. The van der Waals surface area contributed by atoms with E-state index in [1.807, 2.05) is 0 Å². The second-order valence-electron chi connectivity index (χ2n) is 4.24. The Balaban J connectivity index is 0.00000162. The monoisotopic (exact) mass is 314 g/mol. The number of nitrogens with two attached hydrogens (primary N) is 1. The van der Waals surface area contributed by atoms with Gasteiger partial charge in [-0.25, -0.2) is 8.42 Å². The van der Waals surface area contributed by atoms with Crippen molar-refractivity contribution in [1.29, 1.82) is 0 Å². The highest BCUT2D eigenvalue weighted by atomic mass is 35.5. The Bertz CT molecular complexity index is 543. The molecule has 6 nitrogen and oxygen atoms in total.